The molecule has 1 amide bonds. The molecule has 0 bridgehead atoms. The van der Waals surface area contributed by atoms with Gasteiger partial charge in [-0.3, -0.25) is 0 Å². The number of benzene rings is 1. The summed E-state index contributed by atoms with van der Waals surface area (Å²) in [6.45, 7) is 6.03. The number of hydrogen-bond donors (Lipinski definition) is 1. The Morgan fingerprint density at radius 3 is 2.52 bits per heavy atom. The number of morpholine rings is 1. The first kappa shape index (κ1) is 26.9. The highest BCUT2D eigenvalue weighted by Crippen LogP contribution is 2.33. The second-order valence-electron chi connectivity index (χ2n) is 11.2. The van der Waals surface area contributed by atoms with Crippen LogP contribution in [0.5, 0.6) is 5.75 Å². The minimum Gasteiger partial charge on any atom is -0.407 e. The zero-order valence-electron chi connectivity index (χ0n) is 22.8. The van der Waals surface area contributed by atoms with Crippen molar-refractivity contribution in [2.45, 2.75) is 56.9 Å². The van der Waals surface area contributed by atoms with Crippen molar-refractivity contribution in [3.63, 3.8) is 0 Å². The maximum atomic E-state index is 13.5. The van der Waals surface area contributed by atoms with Crippen molar-refractivity contribution >= 4 is 23.0 Å². The van der Waals surface area contributed by atoms with Crippen LogP contribution in [0.2, 0.25) is 0 Å². The smallest absolute Gasteiger partial charge is 0.407 e. The molecule has 0 spiro atoms. The number of ether oxygens (including phenoxy) is 2. The second-order valence-corrected chi connectivity index (χ2v) is 11.2. The van der Waals surface area contributed by atoms with Gasteiger partial charge in [0, 0.05) is 36.5 Å². The fourth-order valence-corrected chi connectivity index (χ4v) is 6.21. The first-order chi connectivity index (χ1) is 19.6. The van der Waals surface area contributed by atoms with Gasteiger partial charge in [-0.15, -0.1) is 0 Å². The number of hydrogen-bond acceptors (Lipinski definition) is 9. The average Bonchev–Trinajstić information content (AvgIpc) is 3.41. The quantitative estimate of drug-likeness (QED) is 0.453. The van der Waals surface area contributed by atoms with Crippen LogP contribution < -0.4 is 15.0 Å². The molecular formula is C29H37FN6O4. The number of rotatable bonds is 7. The molecule has 0 atom stereocenters. The maximum absolute atomic E-state index is 13.5. The number of carbonyl (C=O) groups is 1. The van der Waals surface area contributed by atoms with E-state index in [1.165, 1.54) is 18.6 Å². The van der Waals surface area contributed by atoms with Crippen molar-refractivity contribution in [1.82, 2.24) is 25.3 Å². The fraction of sp³-hybridized carbons (Fsp3) is 0.586. The molecule has 1 N–H and O–H groups in total. The number of anilines is 1. The summed E-state index contributed by atoms with van der Waals surface area (Å²) < 4.78 is 29.6. The van der Waals surface area contributed by atoms with Gasteiger partial charge in [0.15, 0.2) is 11.3 Å². The van der Waals surface area contributed by atoms with E-state index >= 15 is 0 Å². The van der Waals surface area contributed by atoms with Crippen LogP contribution in [0.15, 0.2) is 35.1 Å². The summed E-state index contributed by atoms with van der Waals surface area (Å²) in [5.74, 6) is 1.72. The minimum atomic E-state index is -0.445. The lowest BCUT2D eigenvalue weighted by Gasteiger charge is -2.34. The van der Waals surface area contributed by atoms with E-state index in [0.717, 1.165) is 82.3 Å². The number of amides is 1. The Labute approximate surface area is 233 Å². The van der Waals surface area contributed by atoms with Gasteiger partial charge in [-0.1, -0.05) is 5.16 Å². The highest BCUT2D eigenvalue weighted by molar-refractivity contribution is 5.79. The summed E-state index contributed by atoms with van der Waals surface area (Å²) >= 11 is 0. The van der Waals surface area contributed by atoms with Crippen LogP contribution in [0.25, 0.3) is 11.0 Å². The topological polar surface area (TPSA) is 106 Å². The molecule has 11 heteroatoms. The monoisotopic (exact) mass is 552 g/mol. The van der Waals surface area contributed by atoms with Gasteiger partial charge in [0.05, 0.1) is 31.3 Å². The summed E-state index contributed by atoms with van der Waals surface area (Å²) in [4.78, 5) is 25.7. The highest BCUT2D eigenvalue weighted by atomic mass is 19.1. The number of likely N-dealkylation sites (tertiary alicyclic amines) is 1. The molecule has 40 heavy (non-hydrogen) atoms. The van der Waals surface area contributed by atoms with Crippen LogP contribution in [0, 0.1) is 11.7 Å². The fourth-order valence-electron chi connectivity index (χ4n) is 6.21. The Morgan fingerprint density at radius 1 is 1.02 bits per heavy atom. The lowest BCUT2D eigenvalue weighted by Crippen LogP contribution is -2.40. The Hall–Kier alpha value is -3.31. The summed E-state index contributed by atoms with van der Waals surface area (Å²) in [5.41, 5.74) is 1.50. The first-order valence-electron chi connectivity index (χ1n) is 14.5. The van der Waals surface area contributed by atoms with Crippen molar-refractivity contribution in [3.05, 3.63) is 42.1 Å². The summed E-state index contributed by atoms with van der Waals surface area (Å²) in [6, 6.07) is 4.81. The van der Waals surface area contributed by atoms with E-state index in [1.54, 1.807) is 18.5 Å². The molecular weight excluding hydrogens is 515 g/mol. The Kier molecular flexibility index (Phi) is 8.38. The van der Waals surface area contributed by atoms with Crippen LogP contribution in [-0.4, -0.2) is 78.1 Å². The molecule has 1 saturated carbocycles. The van der Waals surface area contributed by atoms with E-state index in [2.05, 4.69) is 30.2 Å². The third kappa shape index (κ3) is 6.52. The van der Waals surface area contributed by atoms with Crippen LogP contribution in [0.4, 0.5) is 15.1 Å². The molecule has 1 aliphatic carbocycles. The van der Waals surface area contributed by atoms with Gasteiger partial charge in [0.25, 0.3) is 0 Å². The third-order valence-electron chi connectivity index (χ3n) is 8.58. The van der Waals surface area contributed by atoms with Crippen LogP contribution in [0.1, 0.15) is 56.6 Å². The molecule has 4 heterocycles. The second kappa shape index (κ2) is 12.5. The van der Waals surface area contributed by atoms with Crippen LogP contribution >= 0.6 is 0 Å². The van der Waals surface area contributed by atoms with E-state index in [4.69, 9.17) is 14.0 Å². The van der Waals surface area contributed by atoms with Crippen LogP contribution in [0.3, 0.4) is 0 Å². The minimum absolute atomic E-state index is 0.138. The molecule has 3 fully saturated rings. The maximum Gasteiger partial charge on any atom is 0.412 e. The van der Waals surface area contributed by atoms with Gasteiger partial charge in [0.1, 0.15) is 5.82 Å². The zero-order valence-corrected chi connectivity index (χ0v) is 22.8. The molecule has 1 aromatic carbocycles. The third-order valence-corrected chi connectivity index (χ3v) is 8.58. The Bertz CT molecular complexity index is 1270. The molecule has 214 valence electrons. The SMILES string of the molecule is O=C(NC1CCC(CCN2CCC(c3noc4cc(F)ccc34)CC2)CC1)Oc1cnc(N2CCOCC2)nc1. The lowest BCUT2D eigenvalue weighted by molar-refractivity contribution is 0.122. The summed E-state index contributed by atoms with van der Waals surface area (Å²) in [6.07, 6.45) is 10.1. The molecule has 10 nitrogen and oxygen atoms in total. The molecule has 3 aromatic rings. The largest absolute Gasteiger partial charge is 0.412 e. The van der Waals surface area contributed by atoms with E-state index in [0.29, 0.717) is 42.3 Å². The van der Waals surface area contributed by atoms with E-state index in [1.807, 2.05) is 0 Å². The van der Waals surface area contributed by atoms with E-state index < -0.39 is 6.09 Å². The van der Waals surface area contributed by atoms with Gasteiger partial charge < -0.3 is 29.1 Å². The number of nitrogens with one attached hydrogen (secondary N) is 1. The predicted octanol–water partition coefficient (Wildman–Crippen LogP) is 4.51. The molecule has 0 unspecified atom stereocenters. The number of nitrogens with zero attached hydrogens (tertiary/aromatic N) is 5. The van der Waals surface area contributed by atoms with Gasteiger partial charge in [-0.2, -0.15) is 0 Å². The number of fused-ring (bicyclic) bond motifs is 1. The van der Waals surface area contributed by atoms with Crippen molar-refractivity contribution in [3.8, 4) is 5.75 Å². The normalized spacial score (nSPS) is 22.9. The Morgan fingerprint density at radius 2 is 1.77 bits per heavy atom. The number of aromatic nitrogens is 3. The molecule has 2 saturated heterocycles. The molecule has 6 rings (SSSR count). The van der Waals surface area contributed by atoms with Gasteiger partial charge in [-0.25, -0.2) is 19.2 Å². The van der Waals surface area contributed by atoms with Crippen molar-refractivity contribution < 1.29 is 23.2 Å². The highest BCUT2D eigenvalue weighted by Gasteiger charge is 2.27. The zero-order chi connectivity index (χ0) is 27.3. The number of carbonyl (C=O) groups excluding carboxylic acids is 1. The molecule has 2 aliphatic heterocycles. The van der Waals surface area contributed by atoms with Crippen molar-refractivity contribution in [2.75, 3.05) is 50.8 Å². The molecule has 2 aromatic heterocycles. The molecule has 3 aliphatic rings. The van der Waals surface area contributed by atoms with Gasteiger partial charge >= 0.3 is 6.09 Å². The van der Waals surface area contributed by atoms with Crippen molar-refractivity contribution in [2.24, 2.45) is 5.92 Å². The van der Waals surface area contributed by atoms with Crippen molar-refractivity contribution in [1.29, 1.82) is 0 Å². The average molecular weight is 553 g/mol. The number of piperidine rings is 1. The molecule has 0 radical (unpaired) electrons. The lowest BCUT2D eigenvalue weighted by atomic mass is 9.84. The predicted molar refractivity (Wildman–Crippen MR) is 147 cm³/mol. The Balaban J connectivity index is 0.880. The standard InChI is InChI=1S/C29H37FN6O4/c30-22-3-6-25-26(17-22)40-34-27(25)21-8-11-35(12-9-21)10-7-20-1-4-23(5-2-20)33-29(37)39-24-18-31-28(32-19-24)36-13-15-38-16-14-36/h3,6,17-21,23H,1-2,4-5,7-16H2,(H,33,37). The van der Waals surface area contributed by atoms with Crippen LogP contribution in [-0.2, 0) is 4.74 Å². The van der Waals surface area contributed by atoms with Gasteiger partial charge in [0.2, 0.25) is 5.95 Å². The van der Waals surface area contributed by atoms with Gasteiger partial charge in [-0.05, 0) is 82.6 Å². The number of halogens is 1. The first-order valence-corrected chi connectivity index (χ1v) is 14.5. The van der Waals surface area contributed by atoms with E-state index in [9.17, 15) is 9.18 Å². The summed E-state index contributed by atoms with van der Waals surface area (Å²) in [7, 11) is 0. The summed E-state index contributed by atoms with van der Waals surface area (Å²) in [5, 5.41) is 8.22. The van der Waals surface area contributed by atoms with E-state index in [-0.39, 0.29) is 11.9 Å².